The number of nitrogens with zero attached hydrogens (tertiary/aromatic N) is 2. The molecule has 2 N–H and O–H groups in total. The first-order chi connectivity index (χ1) is 12.2. The Kier molecular flexibility index (Phi) is 10.3. The minimum atomic E-state index is -0.159. The summed E-state index contributed by atoms with van der Waals surface area (Å²) in [5, 5.41) is 10.2. The first-order valence-electron chi connectivity index (χ1n) is 8.37. The maximum absolute atomic E-state index is 12.5. The summed E-state index contributed by atoms with van der Waals surface area (Å²) >= 11 is 2.74. The normalized spacial score (nSPS) is 16.2. The molecule has 1 aliphatic heterocycles. The van der Waals surface area contributed by atoms with Gasteiger partial charge in [-0.05, 0) is 43.8 Å². The number of carbonyl (C=O) groups is 2. The summed E-state index contributed by atoms with van der Waals surface area (Å²) in [7, 11) is 1.95. The van der Waals surface area contributed by atoms with E-state index in [0.717, 1.165) is 26.1 Å². The molecule has 2 aromatic heterocycles. The van der Waals surface area contributed by atoms with Gasteiger partial charge in [0.25, 0.3) is 5.91 Å². The fourth-order valence-corrected chi connectivity index (χ4v) is 4.35. The number of anilines is 1. The van der Waals surface area contributed by atoms with Gasteiger partial charge in [0, 0.05) is 18.5 Å². The van der Waals surface area contributed by atoms with Gasteiger partial charge < -0.3 is 10.2 Å². The van der Waals surface area contributed by atoms with Crippen LogP contribution in [-0.4, -0.2) is 48.4 Å². The molecule has 3 rings (SSSR count). The summed E-state index contributed by atoms with van der Waals surface area (Å²) in [4.78, 5) is 31.5. The predicted molar refractivity (Wildman–Crippen MR) is 116 cm³/mol. The van der Waals surface area contributed by atoms with Crippen LogP contribution in [0.15, 0.2) is 22.9 Å². The summed E-state index contributed by atoms with van der Waals surface area (Å²) < 4.78 is 0. The zero-order valence-electron chi connectivity index (χ0n) is 15.0. The van der Waals surface area contributed by atoms with Gasteiger partial charge in [0.2, 0.25) is 5.91 Å². The van der Waals surface area contributed by atoms with Crippen LogP contribution in [0, 0.1) is 5.92 Å². The summed E-state index contributed by atoms with van der Waals surface area (Å²) in [6.45, 7) is 2.58. The summed E-state index contributed by atoms with van der Waals surface area (Å²) in [6.07, 6.45) is 2.51. The number of amides is 2. The third-order valence-electron chi connectivity index (χ3n) is 4.21. The van der Waals surface area contributed by atoms with E-state index in [1.807, 2.05) is 28.8 Å². The van der Waals surface area contributed by atoms with Crippen molar-refractivity contribution in [1.29, 1.82) is 0 Å². The quantitative estimate of drug-likeness (QED) is 0.707. The third kappa shape index (κ3) is 6.73. The monoisotopic (exact) mass is 450 g/mol. The third-order valence-corrected chi connectivity index (χ3v) is 5.89. The maximum Gasteiger partial charge on any atom is 0.267 e. The molecule has 0 aromatic carbocycles. The molecule has 0 saturated carbocycles. The van der Waals surface area contributed by atoms with Crippen LogP contribution in [0.5, 0.6) is 0 Å². The molecule has 150 valence electrons. The van der Waals surface area contributed by atoms with Crippen molar-refractivity contribution in [2.75, 3.05) is 32.0 Å². The lowest BCUT2D eigenvalue weighted by Gasteiger charge is -2.32. The van der Waals surface area contributed by atoms with Crippen molar-refractivity contribution >= 4 is 64.4 Å². The Balaban J connectivity index is 0.00000182. The lowest BCUT2D eigenvalue weighted by Crippen LogP contribution is -2.43. The van der Waals surface area contributed by atoms with E-state index in [4.69, 9.17) is 0 Å². The van der Waals surface area contributed by atoms with Gasteiger partial charge in [-0.2, -0.15) is 0 Å². The Morgan fingerprint density at radius 1 is 1.33 bits per heavy atom. The van der Waals surface area contributed by atoms with Crippen LogP contribution in [0.1, 0.15) is 28.2 Å². The Labute approximate surface area is 179 Å². The molecule has 0 bridgehead atoms. The highest BCUT2D eigenvalue weighted by atomic mass is 35.5. The molecule has 2 aromatic rings. The SMILES string of the molecule is CNCC1CCCN(C(=O)Cc2csc(NC(=O)c3cccs3)n2)C1.Cl.Cl. The number of aromatic nitrogens is 1. The standard InChI is InChI=1S/C17H22N4O2S2.2ClH/c1-18-9-12-4-2-6-21(10-12)15(22)8-13-11-25-17(19-13)20-16(23)14-5-3-7-24-14;;/h3,5,7,11-12,18H,2,4,6,8-10H2,1H3,(H,19,20,23);2*1H. The molecule has 1 saturated heterocycles. The molecule has 1 fully saturated rings. The van der Waals surface area contributed by atoms with E-state index in [2.05, 4.69) is 15.6 Å². The van der Waals surface area contributed by atoms with Crippen LogP contribution in [0.25, 0.3) is 0 Å². The lowest BCUT2D eigenvalue weighted by atomic mass is 9.98. The number of carbonyl (C=O) groups excluding carboxylic acids is 2. The van der Waals surface area contributed by atoms with Gasteiger partial charge in [-0.3, -0.25) is 14.9 Å². The van der Waals surface area contributed by atoms with E-state index in [0.29, 0.717) is 21.6 Å². The van der Waals surface area contributed by atoms with E-state index >= 15 is 0 Å². The molecule has 1 atom stereocenters. The fourth-order valence-electron chi connectivity index (χ4n) is 3.03. The van der Waals surface area contributed by atoms with Crippen LogP contribution in [-0.2, 0) is 11.2 Å². The Hall–Kier alpha value is -1.19. The van der Waals surface area contributed by atoms with E-state index < -0.39 is 0 Å². The van der Waals surface area contributed by atoms with Crippen LogP contribution >= 0.6 is 47.5 Å². The Morgan fingerprint density at radius 2 is 2.15 bits per heavy atom. The molecule has 1 unspecified atom stereocenters. The maximum atomic E-state index is 12.5. The highest BCUT2D eigenvalue weighted by Crippen LogP contribution is 2.20. The van der Waals surface area contributed by atoms with Gasteiger partial charge >= 0.3 is 0 Å². The summed E-state index contributed by atoms with van der Waals surface area (Å²) in [5.41, 5.74) is 0.715. The lowest BCUT2D eigenvalue weighted by molar-refractivity contribution is -0.132. The second kappa shape index (κ2) is 11.6. The smallest absolute Gasteiger partial charge is 0.267 e. The number of likely N-dealkylation sites (tertiary alicyclic amines) is 1. The van der Waals surface area contributed by atoms with Crippen molar-refractivity contribution in [2.24, 2.45) is 5.92 Å². The number of hydrogen-bond acceptors (Lipinski definition) is 6. The van der Waals surface area contributed by atoms with Crippen LogP contribution in [0.2, 0.25) is 0 Å². The largest absolute Gasteiger partial charge is 0.342 e. The predicted octanol–water partition coefficient (Wildman–Crippen LogP) is 3.30. The second-order valence-electron chi connectivity index (χ2n) is 6.16. The second-order valence-corrected chi connectivity index (χ2v) is 7.96. The number of thiazole rings is 1. The molecule has 1 aliphatic rings. The van der Waals surface area contributed by atoms with Crippen molar-refractivity contribution in [3.8, 4) is 0 Å². The highest BCUT2D eigenvalue weighted by molar-refractivity contribution is 7.14. The summed E-state index contributed by atoms with van der Waals surface area (Å²) in [5.74, 6) is 0.481. The van der Waals surface area contributed by atoms with Crippen molar-refractivity contribution in [1.82, 2.24) is 15.2 Å². The Bertz CT molecular complexity index is 722. The number of hydrogen-bond donors (Lipinski definition) is 2. The van der Waals surface area contributed by atoms with Crippen LogP contribution < -0.4 is 10.6 Å². The first-order valence-corrected chi connectivity index (χ1v) is 10.1. The number of piperidine rings is 1. The molecule has 0 aliphatic carbocycles. The zero-order valence-corrected chi connectivity index (χ0v) is 18.2. The van der Waals surface area contributed by atoms with Crippen molar-refractivity contribution < 1.29 is 9.59 Å². The van der Waals surface area contributed by atoms with E-state index in [1.165, 1.54) is 29.1 Å². The van der Waals surface area contributed by atoms with Gasteiger partial charge in [-0.25, -0.2) is 4.98 Å². The van der Waals surface area contributed by atoms with Crippen LogP contribution in [0.3, 0.4) is 0 Å². The van der Waals surface area contributed by atoms with Gasteiger partial charge in [0.15, 0.2) is 5.13 Å². The molecule has 3 heterocycles. The number of thiophene rings is 1. The molecular weight excluding hydrogens is 427 g/mol. The number of rotatable bonds is 6. The van der Waals surface area contributed by atoms with Crippen LogP contribution in [0.4, 0.5) is 5.13 Å². The Morgan fingerprint density at radius 3 is 2.85 bits per heavy atom. The molecule has 6 nitrogen and oxygen atoms in total. The van der Waals surface area contributed by atoms with E-state index in [1.54, 1.807) is 6.07 Å². The van der Waals surface area contributed by atoms with Gasteiger partial charge in [0.05, 0.1) is 17.0 Å². The average molecular weight is 451 g/mol. The fraction of sp³-hybridized carbons (Fsp3) is 0.471. The minimum absolute atomic E-state index is 0. The molecular formula is C17H24Cl2N4O2S2. The van der Waals surface area contributed by atoms with Crippen molar-refractivity contribution in [3.63, 3.8) is 0 Å². The first kappa shape index (κ1) is 23.8. The molecule has 10 heteroatoms. The number of nitrogens with one attached hydrogen (secondary N) is 2. The van der Waals surface area contributed by atoms with E-state index in [9.17, 15) is 9.59 Å². The summed E-state index contributed by atoms with van der Waals surface area (Å²) in [6, 6.07) is 3.61. The zero-order chi connectivity index (χ0) is 17.6. The topological polar surface area (TPSA) is 74.3 Å². The minimum Gasteiger partial charge on any atom is -0.342 e. The highest BCUT2D eigenvalue weighted by Gasteiger charge is 2.23. The van der Waals surface area contributed by atoms with Gasteiger partial charge in [-0.1, -0.05) is 6.07 Å². The molecule has 0 spiro atoms. The van der Waals surface area contributed by atoms with Crippen molar-refractivity contribution in [2.45, 2.75) is 19.3 Å². The molecule has 27 heavy (non-hydrogen) atoms. The van der Waals surface area contributed by atoms with Gasteiger partial charge in [0.1, 0.15) is 0 Å². The molecule has 0 radical (unpaired) electrons. The molecule has 2 amide bonds. The van der Waals surface area contributed by atoms with E-state index in [-0.39, 0.29) is 43.0 Å². The van der Waals surface area contributed by atoms with Gasteiger partial charge in [-0.15, -0.1) is 47.5 Å². The number of halogens is 2. The van der Waals surface area contributed by atoms with Crippen molar-refractivity contribution in [3.05, 3.63) is 33.5 Å². The average Bonchev–Trinajstić information content (AvgIpc) is 3.27.